The molecule has 2 N–H and O–H groups in total. The summed E-state index contributed by atoms with van der Waals surface area (Å²) in [4.78, 5) is 19.7. The Morgan fingerprint density at radius 1 is 0.977 bits per heavy atom. The maximum atomic E-state index is 13.3. The summed E-state index contributed by atoms with van der Waals surface area (Å²) in [6.07, 6.45) is 7.03. The fourth-order valence-electron chi connectivity index (χ4n) is 5.15. The molecule has 0 saturated carbocycles. The molecule has 0 bridgehead atoms. The summed E-state index contributed by atoms with van der Waals surface area (Å²) < 4.78 is 35.3. The van der Waals surface area contributed by atoms with Crippen LogP contribution < -0.4 is 10.6 Å². The number of imidazole rings is 1. The van der Waals surface area contributed by atoms with E-state index in [4.69, 9.17) is 9.51 Å². The van der Waals surface area contributed by atoms with Gasteiger partial charge in [0, 0.05) is 51.8 Å². The molecule has 1 aliphatic carbocycles. The van der Waals surface area contributed by atoms with E-state index in [1.807, 2.05) is 51.2 Å². The molecule has 12 heteroatoms. The van der Waals surface area contributed by atoms with E-state index >= 15 is 0 Å². The minimum absolute atomic E-state index is 0.212. The van der Waals surface area contributed by atoms with Crippen molar-refractivity contribution >= 4 is 43.9 Å². The van der Waals surface area contributed by atoms with Crippen LogP contribution in [0.1, 0.15) is 37.0 Å². The second-order valence-corrected chi connectivity index (χ2v) is 14.4. The number of carbonyl (C=O) groups is 1. The van der Waals surface area contributed by atoms with Gasteiger partial charge < -0.3 is 9.84 Å². The summed E-state index contributed by atoms with van der Waals surface area (Å²) in [5, 5.41) is 9.42. The molecule has 0 atom stereocenters. The van der Waals surface area contributed by atoms with E-state index in [-0.39, 0.29) is 10.3 Å². The highest BCUT2D eigenvalue weighted by Crippen LogP contribution is 2.41. The Morgan fingerprint density at radius 3 is 2.47 bits per heavy atom. The zero-order valence-corrected chi connectivity index (χ0v) is 25.3. The topological polar surface area (TPSA) is 124 Å². The van der Waals surface area contributed by atoms with Crippen LogP contribution in [0, 0.1) is 0 Å². The number of anilines is 2. The average molecular weight is 613 g/mol. The number of urea groups is 1. The molecule has 0 radical (unpaired) electrons. The van der Waals surface area contributed by atoms with Crippen LogP contribution >= 0.6 is 11.3 Å². The molecule has 6 aromatic rings. The van der Waals surface area contributed by atoms with Gasteiger partial charge in [-0.1, -0.05) is 56.3 Å². The molecule has 2 amide bonds. The number of rotatable bonds is 5. The number of thiazole rings is 1. The van der Waals surface area contributed by atoms with Gasteiger partial charge in [0.1, 0.15) is 5.76 Å². The van der Waals surface area contributed by atoms with Crippen LogP contribution in [-0.4, -0.2) is 33.0 Å². The first-order valence-electron chi connectivity index (χ1n) is 13.7. The number of fused-ring (bicyclic) bond motifs is 5. The van der Waals surface area contributed by atoms with E-state index in [9.17, 15) is 13.2 Å². The van der Waals surface area contributed by atoms with Gasteiger partial charge >= 0.3 is 6.03 Å². The Bertz CT molecular complexity index is 2100. The largest absolute Gasteiger partial charge is 0.359 e. The standard InChI is InChI=1S/C31H28N6O4S2/c1-31(2,3)26-15-27(35-41-26)34-29(38)32-21-12-9-19(10-13-21)24-18-37-28-23-17-36(43(39,40)22-7-5-4-6-8-22)16-20(23)11-14-25(28)42-30(37)33-24/h4-10,12-13,15-18H,11,14H2,1-3H3,(H2,32,34,35,38). The van der Waals surface area contributed by atoms with E-state index in [1.54, 1.807) is 60.1 Å². The second-order valence-electron chi connectivity index (χ2n) is 11.5. The van der Waals surface area contributed by atoms with Crippen LogP contribution in [0.3, 0.4) is 0 Å². The van der Waals surface area contributed by atoms with Crippen molar-refractivity contribution in [3.05, 3.63) is 95.5 Å². The molecular weight excluding hydrogens is 585 g/mol. The Morgan fingerprint density at radius 2 is 1.74 bits per heavy atom. The van der Waals surface area contributed by atoms with Crippen molar-refractivity contribution < 1.29 is 17.7 Å². The summed E-state index contributed by atoms with van der Waals surface area (Å²) in [6.45, 7) is 6.01. The van der Waals surface area contributed by atoms with Crippen LogP contribution in [0.25, 0.3) is 27.5 Å². The number of hydrogen-bond donors (Lipinski definition) is 2. The third-order valence-electron chi connectivity index (χ3n) is 7.40. The van der Waals surface area contributed by atoms with Crippen molar-refractivity contribution in [2.24, 2.45) is 0 Å². The molecule has 0 aliphatic heterocycles. The van der Waals surface area contributed by atoms with E-state index in [1.165, 1.54) is 8.85 Å². The second kappa shape index (κ2) is 9.96. The number of amides is 2. The van der Waals surface area contributed by atoms with Crippen molar-refractivity contribution in [2.45, 2.75) is 43.9 Å². The van der Waals surface area contributed by atoms with Crippen molar-refractivity contribution in [1.29, 1.82) is 0 Å². The summed E-state index contributed by atoms with van der Waals surface area (Å²) >= 11 is 1.62. The summed E-state index contributed by atoms with van der Waals surface area (Å²) in [6, 6.07) is 17.2. The fraction of sp³-hybridized carbons (Fsp3) is 0.194. The number of carbonyl (C=O) groups excluding carboxylic acids is 1. The molecule has 0 saturated heterocycles. The summed E-state index contributed by atoms with van der Waals surface area (Å²) in [5.74, 6) is 1.02. The average Bonchev–Trinajstić information content (AvgIpc) is 3.76. The van der Waals surface area contributed by atoms with Gasteiger partial charge in [0.05, 0.1) is 16.3 Å². The number of aryl methyl sites for hydroxylation is 2. The first-order chi connectivity index (χ1) is 20.6. The molecular formula is C31H28N6O4S2. The highest BCUT2D eigenvalue weighted by molar-refractivity contribution is 7.90. The lowest BCUT2D eigenvalue weighted by molar-refractivity contribution is 0.262. The van der Waals surface area contributed by atoms with Gasteiger partial charge in [-0.3, -0.25) is 9.72 Å². The number of hydrogen-bond acceptors (Lipinski definition) is 7. The maximum Gasteiger partial charge on any atom is 0.324 e. The van der Waals surface area contributed by atoms with Crippen LogP contribution in [0.2, 0.25) is 0 Å². The summed E-state index contributed by atoms with van der Waals surface area (Å²) in [5.41, 5.74) is 4.97. The zero-order valence-electron chi connectivity index (χ0n) is 23.7. The van der Waals surface area contributed by atoms with E-state index in [0.29, 0.717) is 17.3 Å². The van der Waals surface area contributed by atoms with Crippen molar-refractivity contribution in [2.75, 3.05) is 10.6 Å². The van der Waals surface area contributed by atoms with Gasteiger partial charge in [-0.2, -0.15) is 0 Å². The molecule has 0 spiro atoms. The number of aromatic nitrogens is 4. The molecule has 1 aliphatic rings. The molecule has 7 rings (SSSR count). The smallest absolute Gasteiger partial charge is 0.324 e. The summed E-state index contributed by atoms with van der Waals surface area (Å²) in [7, 11) is -3.69. The van der Waals surface area contributed by atoms with Crippen LogP contribution in [0.5, 0.6) is 0 Å². The molecule has 10 nitrogen and oxygen atoms in total. The third-order valence-corrected chi connectivity index (χ3v) is 10.2. The third kappa shape index (κ3) is 4.92. The van der Waals surface area contributed by atoms with E-state index < -0.39 is 16.1 Å². The molecule has 0 unspecified atom stereocenters. The van der Waals surface area contributed by atoms with Crippen LogP contribution in [0.4, 0.5) is 16.3 Å². The molecule has 4 heterocycles. The highest BCUT2D eigenvalue weighted by Gasteiger charge is 2.27. The molecule has 2 aromatic carbocycles. The number of nitrogens with zero attached hydrogens (tertiary/aromatic N) is 4. The molecule has 4 aromatic heterocycles. The predicted octanol–water partition coefficient (Wildman–Crippen LogP) is 6.80. The van der Waals surface area contributed by atoms with Gasteiger partial charge in [0.15, 0.2) is 10.8 Å². The Labute approximate surface area is 252 Å². The monoisotopic (exact) mass is 612 g/mol. The van der Waals surface area contributed by atoms with Gasteiger partial charge in [0.2, 0.25) is 0 Å². The maximum absolute atomic E-state index is 13.3. The molecule has 218 valence electrons. The Hall–Kier alpha value is -4.68. The SMILES string of the molecule is CC(C)(C)c1cc(NC(=O)Nc2ccc(-c3cn4c5c(sc4n3)CCc3cn(S(=O)(=O)c4ccccc4)cc3-5)cc2)no1. The fourth-order valence-corrected chi connectivity index (χ4v) is 7.52. The van der Waals surface area contributed by atoms with E-state index in [2.05, 4.69) is 20.2 Å². The zero-order chi connectivity index (χ0) is 29.9. The minimum atomic E-state index is -3.69. The highest BCUT2D eigenvalue weighted by atomic mass is 32.2. The van der Waals surface area contributed by atoms with Crippen molar-refractivity contribution in [3.8, 4) is 22.5 Å². The molecule has 0 fully saturated rings. The van der Waals surface area contributed by atoms with Gasteiger partial charge in [-0.05, 0) is 42.7 Å². The minimum Gasteiger partial charge on any atom is -0.359 e. The Balaban J connectivity index is 1.12. The van der Waals surface area contributed by atoms with Gasteiger partial charge in [-0.25, -0.2) is 22.2 Å². The van der Waals surface area contributed by atoms with Crippen LogP contribution in [0.15, 0.2) is 88.7 Å². The number of benzene rings is 2. The van der Waals surface area contributed by atoms with Crippen molar-refractivity contribution in [3.63, 3.8) is 0 Å². The predicted molar refractivity (Wildman–Crippen MR) is 166 cm³/mol. The first kappa shape index (κ1) is 27.2. The quantitative estimate of drug-likeness (QED) is 0.221. The number of nitrogens with one attached hydrogen (secondary N) is 2. The lowest BCUT2D eigenvalue weighted by Gasteiger charge is -2.12. The lowest BCUT2D eigenvalue weighted by Crippen LogP contribution is -2.19. The first-order valence-corrected chi connectivity index (χ1v) is 16.0. The van der Waals surface area contributed by atoms with Crippen molar-refractivity contribution in [1.82, 2.24) is 18.5 Å². The van der Waals surface area contributed by atoms with E-state index in [0.717, 1.165) is 45.9 Å². The van der Waals surface area contributed by atoms with Crippen LogP contribution in [-0.2, 0) is 28.3 Å². The normalized spacial score (nSPS) is 13.1. The van der Waals surface area contributed by atoms with Gasteiger partial charge in [0.25, 0.3) is 10.0 Å². The Kier molecular flexibility index (Phi) is 6.29. The molecule has 43 heavy (non-hydrogen) atoms. The van der Waals surface area contributed by atoms with Gasteiger partial charge in [-0.15, -0.1) is 11.3 Å². The lowest BCUT2D eigenvalue weighted by atomic mass is 9.93.